The Morgan fingerprint density at radius 3 is 1.57 bits per heavy atom. The summed E-state index contributed by atoms with van der Waals surface area (Å²) in [5, 5.41) is 0. The Balaban J connectivity index is 3.36. The van der Waals surface area contributed by atoms with Gasteiger partial charge in [0.2, 0.25) is 0 Å². The van der Waals surface area contributed by atoms with Gasteiger partial charge in [0.25, 0.3) is 0 Å². The van der Waals surface area contributed by atoms with Crippen LogP contribution in [0, 0.1) is 0 Å². The zero-order chi connectivity index (χ0) is 5.91. The van der Waals surface area contributed by atoms with Gasteiger partial charge in [0.05, 0.1) is 0 Å². The zero-order valence-corrected chi connectivity index (χ0v) is 7.26. The first-order valence-electron chi connectivity index (χ1n) is 2.84. The fourth-order valence-corrected chi connectivity index (χ4v) is 0.750. The molecule has 0 N–H and O–H groups in total. The molecule has 0 heterocycles. The molecule has 0 fully saturated rings. The summed E-state index contributed by atoms with van der Waals surface area (Å²) in [6.07, 6.45) is 2.60. The second-order valence-corrected chi connectivity index (χ2v) is 9.85. The van der Waals surface area contributed by atoms with Crippen LogP contribution in [-0.4, -0.2) is 19.0 Å². The summed E-state index contributed by atoms with van der Waals surface area (Å²) < 4.78 is 0. The summed E-state index contributed by atoms with van der Waals surface area (Å²) in [5.74, 6) is 0. The molecule has 0 aromatic rings. The van der Waals surface area contributed by atoms with Crippen LogP contribution in [-0.2, 0) is 0 Å². The second-order valence-electron chi connectivity index (χ2n) is 2.20. The van der Waals surface area contributed by atoms with Crippen LogP contribution in [0.25, 0.3) is 0 Å². The van der Waals surface area contributed by atoms with E-state index in [1.807, 2.05) is 0 Å². The summed E-state index contributed by atoms with van der Waals surface area (Å²) in [6, 6.07) is 0. The van der Waals surface area contributed by atoms with Crippen molar-refractivity contribution in [3.05, 3.63) is 0 Å². The molecule has 0 amide bonds. The van der Waals surface area contributed by atoms with Crippen LogP contribution in [0.5, 0.6) is 0 Å². The molecule has 0 aliphatic heterocycles. The fourth-order valence-electron chi connectivity index (χ4n) is 0.250. The number of hydrogen-bond donors (Lipinski definition) is 1. The SMILES string of the molecule is CC[PH](C)(S)CC. The van der Waals surface area contributed by atoms with Crippen LogP contribution in [0.2, 0.25) is 0 Å². The molecule has 0 unspecified atom stereocenters. The normalized spacial score (nSPS) is 14.3. The van der Waals surface area contributed by atoms with E-state index >= 15 is 0 Å². The molecular weight excluding hydrogens is 123 g/mol. The standard InChI is InChI=1S/C5H15PS/c1-4-6(3,7)5-2/h6-7H,4-5H2,1-3H3. The third kappa shape index (κ3) is 3.37. The topological polar surface area (TPSA) is 0 Å². The van der Waals surface area contributed by atoms with Gasteiger partial charge in [-0.25, -0.2) is 0 Å². The predicted molar refractivity (Wildman–Crippen MR) is 44.3 cm³/mol. The van der Waals surface area contributed by atoms with Crippen LogP contribution < -0.4 is 0 Å². The van der Waals surface area contributed by atoms with Gasteiger partial charge in [0, 0.05) is 0 Å². The van der Waals surface area contributed by atoms with E-state index in [1.54, 1.807) is 0 Å². The first-order chi connectivity index (χ1) is 3.12. The van der Waals surface area contributed by atoms with E-state index in [4.69, 9.17) is 0 Å². The quantitative estimate of drug-likeness (QED) is 0.439. The predicted octanol–water partition coefficient (Wildman–Crippen LogP) is 2.25. The van der Waals surface area contributed by atoms with Crippen molar-refractivity contribution < 1.29 is 0 Å². The monoisotopic (exact) mass is 138 g/mol. The van der Waals surface area contributed by atoms with E-state index in [9.17, 15) is 0 Å². The molecule has 0 rings (SSSR count). The molecule has 0 atom stereocenters. The van der Waals surface area contributed by atoms with Gasteiger partial charge in [-0.15, -0.1) is 0 Å². The molecule has 0 saturated heterocycles. The minimum atomic E-state index is -0.957. The van der Waals surface area contributed by atoms with Crippen LogP contribution >= 0.6 is 18.7 Å². The van der Waals surface area contributed by atoms with E-state index in [1.165, 1.54) is 12.3 Å². The molecule has 0 saturated carbocycles. The molecule has 0 aliphatic rings. The fraction of sp³-hybridized carbons (Fsp3) is 1.00. The molecule has 0 bridgehead atoms. The molecule has 0 aromatic carbocycles. The minimum absolute atomic E-state index is 0.957. The van der Waals surface area contributed by atoms with Gasteiger partial charge in [0.15, 0.2) is 0 Å². The maximum atomic E-state index is 4.53. The van der Waals surface area contributed by atoms with Gasteiger partial charge in [-0.3, -0.25) is 0 Å². The van der Waals surface area contributed by atoms with E-state index in [2.05, 4.69) is 32.8 Å². The summed E-state index contributed by atoms with van der Waals surface area (Å²) in [6.45, 7) is 5.79. The van der Waals surface area contributed by atoms with Gasteiger partial charge < -0.3 is 0 Å². The average Bonchev–Trinajstić information content (AvgIpc) is 1.68. The van der Waals surface area contributed by atoms with E-state index in [0.29, 0.717) is 0 Å². The maximum absolute atomic E-state index is 4.53. The Bertz CT molecular complexity index is 46.0. The molecule has 46 valence electrons. The third-order valence-corrected chi connectivity index (χ3v) is 6.47. The average molecular weight is 138 g/mol. The van der Waals surface area contributed by atoms with E-state index in [-0.39, 0.29) is 0 Å². The van der Waals surface area contributed by atoms with Crippen molar-refractivity contribution in [2.24, 2.45) is 0 Å². The molecule has 0 aromatic heterocycles. The van der Waals surface area contributed by atoms with Gasteiger partial charge >= 0.3 is 51.5 Å². The third-order valence-electron chi connectivity index (χ3n) is 1.52. The molecule has 2 heteroatoms. The molecular formula is C5H15PS. The molecule has 0 radical (unpaired) electrons. The first kappa shape index (κ1) is 7.78. The Labute approximate surface area is 52.2 Å². The Morgan fingerprint density at radius 1 is 1.29 bits per heavy atom. The second kappa shape index (κ2) is 2.94. The number of thiol groups is 1. The Hall–Kier alpha value is 0.780. The Kier molecular flexibility index (Phi) is 3.27. The van der Waals surface area contributed by atoms with Gasteiger partial charge in [-0.05, 0) is 0 Å². The zero-order valence-electron chi connectivity index (χ0n) is 5.36. The van der Waals surface area contributed by atoms with Crippen molar-refractivity contribution >= 4 is 18.7 Å². The summed E-state index contributed by atoms with van der Waals surface area (Å²) in [7, 11) is 0. The van der Waals surface area contributed by atoms with Crippen molar-refractivity contribution in [2.75, 3.05) is 19.0 Å². The summed E-state index contributed by atoms with van der Waals surface area (Å²) >= 11 is 4.53. The van der Waals surface area contributed by atoms with E-state index in [0.717, 1.165) is 0 Å². The van der Waals surface area contributed by atoms with Gasteiger partial charge in [0.1, 0.15) is 0 Å². The van der Waals surface area contributed by atoms with Crippen LogP contribution in [0.1, 0.15) is 13.8 Å². The molecule has 0 nitrogen and oxygen atoms in total. The van der Waals surface area contributed by atoms with Crippen LogP contribution in [0.3, 0.4) is 0 Å². The summed E-state index contributed by atoms with van der Waals surface area (Å²) in [5.41, 5.74) is 0. The first-order valence-corrected chi connectivity index (χ1v) is 7.05. The van der Waals surface area contributed by atoms with Gasteiger partial charge in [-0.1, -0.05) is 0 Å². The van der Waals surface area contributed by atoms with Crippen LogP contribution in [0.15, 0.2) is 0 Å². The van der Waals surface area contributed by atoms with Crippen molar-refractivity contribution in [2.45, 2.75) is 13.8 Å². The van der Waals surface area contributed by atoms with E-state index < -0.39 is 6.46 Å². The molecule has 0 aliphatic carbocycles. The van der Waals surface area contributed by atoms with Gasteiger partial charge in [-0.2, -0.15) is 0 Å². The van der Waals surface area contributed by atoms with Crippen molar-refractivity contribution in [1.29, 1.82) is 0 Å². The Morgan fingerprint density at radius 2 is 1.57 bits per heavy atom. The molecule has 7 heavy (non-hydrogen) atoms. The van der Waals surface area contributed by atoms with Crippen LogP contribution in [0.4, 0.5) is 0 Å². The van der Waals surface area contributed by atoms with Crippen molar-refractivity contribution in [1.82, 2.24) is 0 Å². The summed E-state index contributed by atoms with van der Waals surface area (Å²) in [4.78, 5) is 0. The number of hydrogen-bond acceptors (Lipinski definition) is 1. The van der Waals surface area contributed by atoms with Crippen molar-refractivity contribution in [3.63, 3.8) is 0 Å². The van der Waals surface area contributed by atoms with Crippen molar-refractivity contribution in [3.8, 4) is 0 Å². The number of rotatable bonds is 2. The molecule has 0 spiro atoms.